The van der Waals surface area contributed by atoms with E-state index in [1.165, 1.54) is 17.7 Å². The first-order valence-electron chi connectivity index (χ1n) is 10.8. The van der Waals surface area contributed by atoms with Crippen LogP contribution in [0.4, 0.5) is 0 Å². The lowest BCUT2D eigenvalue weighted by atomic mass is 9.90. The van der Waals surface area contributed by atoms with Crippen molar-refractivity contribution in [3.8, 4) is 0 Å². The summed E-state index contributed by atoms with van der Waals surface area (Å²) in [6, 6.07) is 21.3. The molecule has 1 aromatic heterocycles. The van der Waals surface area contributed by atoms with Crippen LogP contribution in [0.2, 0.25) is 0 Å². The number of benzene rings is 2. The van der Waals surface area contributed by atoms with E-state index >= 15 is 0 Å². The van der Waals surface area contributed by atoms with E-state index in [9.17, 15) is 14.4 Å². The zero-order valence-electron chi connectivity index (χ0n) is 18.5. The van der Waals surface area contributed by atoms with E-state index in [2.05, 4.69) is 4.90 Å². The summed E-state index contributed by atoms with van der Waals surface area (Å²) in [5.41, 5.74) is 2.03. The summed E-state index contributed by atoms with van der Waals surface area (Å²) < 4.78 is 2.62. The van der Waals surface area contributed by atoms with Gasteiger partial charge in [-0.3, -0.25) is 23.6 Å². The number of piperazine rings is 1. The van der Waals surface area contributed by atoms with Gasteiger partial charge in [0.1, 0.15) is 0 Å². The maximum Gasteiger partial charge on any atom is 0.330 e. The molecule has 0 spiro atoms. The Balaban J connectivity index is 1.48. The quantitative estimate of drug-likeness (QED) is 0.614. The van der Waals surface area contributed by atoms with Crippen molar-refractivity contribution in [3.63, 3.8) is 0 Å². The Morgan fingerprint density at radius 3 is 1.88 bits per heavy atom. The van der Waals surface area contributed by atoms with E-state index < -0.39 is 0 Å². The van der Waals surface area contributed by atoms with Crippen molar-refractivity contribution in [2.75, 3.05) is 26.2 Å². The van der Waals surface area contributed by atoms with Gasteiger partial charge in [-0.2, -0.15) is 0 Å². The fraction of sp³-hybridized carbons (Fsp3) is 0.320. The lowest BCUT2D eigenvalue weighted by Crippen LogP contribution is -2.50. The summed E-state index contributed by atoms with van der Waals surface area (Å²) in [4.78, 5) is 41.9. The van der Waals surface area contributed by atoms with Gasteiger partial charge in [0.2, 0.25) is 5.91 Å². The highest BCUT2D eigenvalue weighted by Gasteiger charge is 2.30. The van der Waals surface area contributed by atoms with Gasteiger partial charge in [-0.25, -0.2) is 4.79 Å². The summed E-state index contributed by atoms with van der Waals surface area (Å²) >= 11 is 0. The maximum absolute atomic E-state index is 13.6. The molecule has 7 nitrogen and oxygen atoms in total. The molecule has 166 valence electrons. The van der Waals surface area contributed by atoms with Crippen molar-refractivity contribution < 1.29 is 4.79 Å². The molecule has 0 radical (unpaired) electrons. The molecule has 0 atom stereocenters. The van der Waals surface area contributed by atoms with E-state index in [0.717, 1.165) is 15.7 Å². The van der Waals surface area contributed by atoms with Crippen LogP contribution in [0.3, 0.4) is 0 Å². The summed E-state index contributed by atoms with van der Waals surface area (Å²) in [6.07, 6.45) is 0. The van der Waals surface area contributed by atoms with Gasteiger partial charge in [0.15, 0.2) is 0 Å². The Bertz CT molecular complexity index is 1150. The predicted octanol–water partition coefficient (Wildman–Crippen LogP) is 1.56. The number of hydrogen-bond donors (Lipinski definition) is 0. The first-order valence-corrected chi connectivity index (χ1v) is 10.8. The third-order valence-corrected chi connectivity index (χ3v) is 6.21. The van der Waals surface area contributed by atoms with E-state index in [1.54, 1.807) is 7.05 Å². The monoisotopic (exact) mass is 432 g/mol. The van der Waals surface area contributed by atoms with Crippen LogP contribution in [-0.2, 0) is 25.4 Å². The smallest absolute Gasteiger partial charge is 0.330 e. The lowest BCUT2D eigenvalue weighted by molar-refractivity contribution is -0.133. The summed E-state index contributed by atoms with van der Waals surface area (Å²) in [5, 5.41) is 0. The van der Waals surface area contributed by atoms with E-state index in [0.29, 0.717) is 38.4 Å². The van der Waals surface area contributed by atoms with Gasteiger partial charge < -0.3 is 4.90 Å². The zero-order valence-corrected chi connectivity index (χ0v) is 18.5. The molecule has 1 aliphatic heterocycles. The molecule has 0 bridgehead atoms. The van der Waals surface area contributed by atoms with Gasteiger partial charge in [0, 0.05) is 58.6 Å². The van der Waals surface area contributed by atoms with E-state index in [4.69, 9.17) is 0 Å². The second-order valence-corrected chi connectivity index (χ2v) is 8.23. The number of rotatable bonds is 5. The van der Waals surface area contributed by atoms with Crippen molar-refractivity contribution in [2.45, 2.75) is 12.5 Å². The second-order valence-electron chi connectivity index (χ2n) is 8.23. The van der Waals surface area contributed by atoms with Gasteiger partial charge in [-0.15, -0.1) is 0 Å². The molecule has 0 unspecified atom stereocenters. The molecule has 4 rings (SSSR count). The van der Waals surface area contributed by atoms with Crippen LogP contribution < -0.4 is 11.2 Å². The first kappa shape index (κ1) is 21.8. The minimum absolute atomic E-state index is 0.100. The Labute approximate surface area is 187 Å². The van der Waals surface area contributed by atoms with Gasteiger partial charge in [-0.05, 0) is 11.1 Å². The van der Waals surface area contributed by atoms with Crippen LogP contribution >= 0.6 is 0 Å². The number of nitrogens with zero attached hydrogens (tertiary/aromatic N) is 4. The van der Waals surface area contributed by atoms with Crippen LogP contribution in [0.5, 0.6) is 0 Å². The molecule has 1 fully saturated rings. The third-order valence-electron chi connectivity index (χ3n) is 6.21. The summed E-state index contributed by atoms with van der Waals surface area (Å²) in [6.45, 7) is 3.09. The fourth-order valence-corrected chi connectivity index (χ4v) is 4.24. The highest BCUT2D eigenvalue weighted by atomic mass is 16.2. The number of carbonyl (C=O) groups excluding carboxylic acids is 1. The molecular weight excluding hydrogens is 404 g/mol. The lowest BCUT2D eigenvalue weighted by Gasteiger charge is -2.36. The van der Waals surface area contributed by atoms with Gasteiger partial charge in [0.25, 0.3) is 5.56 Å². The highest BCUT2D eigenvalue weighted by Crippen LogP contribution is 2.27. The molecule has 1 aliphatic rings. The molecule has 0 N–H and O–H groups in total. The van der Waals surface area contributed by atoms with E-state index in [-0.39, 0.29) is 23.1 Å². The molecule has 0 saturated carbocycles. The Morgan fingerprint density at radius 2 is 1.34 bits per heavy atom. The number of hydrogen-bond acceptors (Lipinski definition) is 4. The number of carbonyl (C=O) groups is 1. The largest absolute Gasteiger partial charge is 0.339 e. The second kappa shape index (κ2) is 9.36. The topological polar surface area (TPSA) is 67.5 Å². The van der Waals surface area contributed by atoms with Crippen LogP contribution in [-0.4, -0.2) is 51.0 Å². The number of aromatic nitrogens is 2. The molecule has 7 heteroatoms. The molecule has 1 saturated heterocycles. The standard InChI is InChI=1S/C25H28N4O3/c1-26-21(17-22(30)27(2)25(26)32)18-28-13-15-29(16-14-28)24(31)23(19-9-5-3-6-10-19)20-11-7-4-8-12-20/h3-12,17,23H,13-16,18H2,1-2H3. The van der Waals surface area contributed by atoms with E-state index in [1.807, 2.05) is 65.6 Å². The molecule has 32 heavy (non-hydrogen) atoms. The normalized spacial score (nSPS) is 14.7. The molecule has 2 aromatic carbocycles. The highest BCUT2D eigenvalue weighted by molar-refractivity contribution is 5.87. The van der Waals surface area contributed by atoms with Crippen molar-refractivity contribution in [2.24, 2.45) is 14.1 Å². The van der Waals surface area contributed by atoms with Crippen molar-refractivity contribution >= 4 is 5.91 Å². The molecule has 3 aromatic rings. The van der Waals surface area contributed by atoms with Crippen molar-refractivity contribution in [1.82, 2.24) is 18.9 Å². The molecule has 2 heterocycles. The minimum Gasteiger partial charge on any atom is -0.339 e. The molecule has 1 amide bonds. The van der Waals surface area contributed by atoms with Crippen LogP contribution in [0.15, 0.2) is 76.3 Å². The van der Waals surface area contributed by atoms with Gasteiger partial charge in [0.05, 0.1) is 5.92 Å². The van der Waals surface area contributed by atoms with Crippen LogP contribution in [0.25, 0.3) is 0 Å². The fourth-order valence-electron chi connectivity index (χ4n) is 4.24. The Morgan fingerprint density at radius 1 is 0.812 bits per heavy atom. The van der Waals surface area contributed by atoms with Crippen LogP contribution in [0, 0.1) is 0 Å². The average molecular weight is 433 g/mol. The maximum atomic E-state index is 13.6. The first-order chi connectivity index (χ1) is 15.5. The zero-order chi connectivity index (χ0) is 22.7. The SMILES string of the molecule is Cn1c(CN2CCN(C(=O)C(c3ccccc3)c3ccccc3)CC2)cc(=O)n(C)c1=O. The summed E-state index contributed by atoms with van der Waals surface area (Å²) in [7, 11) is 3.16. The predicted molar refractivity (Wildman–Crippen MR) is 124 cm³/mol. The van der Waals surface area contributed by atoms with Crippen LogP contribution in [0.1, 0.15) is 22.7 Å². The minimum atomic E-state index is -0.332. The third kappa shape index (κ3) is 4.43. The Kier molecular flexibility index (Phi) is 6.37. The van der Waals surface area contributed by atoms with Gasteiger partial charge in [-0.1, -0.05) is 60.7 Å². The Hall–Kier alpha value is -3.45. The van der Waals surface area contributed by atoms with Crippen molar-refractivity contribution in [3.05, 3.63) is 104 Å². The summed E-state index contributed by atoms with van der Waals surface area (Å²) in [5.74, 6) is -0.232. The number of amides is 1. The van der Waals surface area contributed by atoms with Gasteiger partial charge >= 0.3 is 5.69 Å². The molecular formula is C25H28N4O3. The van der Waals surface area contributed by atoms with Crippen molar-refractivity contribution in [1.29, 1.82) is 0 Å². The average Bonchev–Trinajstić information content (AvgIpc) is 2.83. The molecule has 0 aliphatic carbocycles.